The molecule has 0 aliphatic heterocycles. The zero-order valence-corrected chi connectivity index (χ0v) is 59.6. The number of hydrogen-bond acceptors (Lipinski definition) is 2. The van der Waals surface area contributed by atoms with Crippen molar-refractivity contribution < 1.29 is 8.83 Å². The summed E-state index contributed by atoms with van der Waals surface area (Å²) in [5.74, 6) is 0. The first-order chi connectivity index (χ1) is 54.5. The quantitative estimate of drug-likeness (QED) is 0.152. The fourth-order valence-electron chi connectivity index (χ4n) is 17.9. The summed E-state index contributed by atoms with van der Waals surface area (Å²) in [5, 5.41) is 19.2. The Hall–Kier alpha value is -14.7. The summed E-state index contributed by atoms with van der Waals surface area (Å²) < 4.78 is 22.8. The summed E-state index contributed by atoms with van der Waals surface area (Å²) in [7, 11) is 0. The SMILES string of the molecule is c1ccc(-c2cccc(-n3c4ccc(-c5ccc6c(c5)c5ccccc5n6-c5ccc6ccccc6c5)cc4c4c5c(ccc43)oc3ccccc35)c2)cc1.c1ccc(-c2cccc(-n3c4ccc(-c5ccc6c(c5)c5ccccc5n6-c5ccc6ccccc6c5)cc4c4c5oc6ccccc6c5ccc43)c2)cc1. The number of furan rings is 2. The molecule has 0 saturated heterocycles. The molecule has 0 atom stereocenters. The average molecular weight is 1400 g/mol. The van der Waals surface area contributed by atoms with Crippen LogP contribution in [0.1, 0.15) is 0 Å². The monoisotopic (exact) mass is 1400 g/mol. The van der Waals surface area contributed by atoms with E-state index >= 15 is 0 Å². The molecule has 110 heavy (non-hydrogen) atoms. The third-order valence-electron chi connectivity index (χ3n) is 23.0. The molecular weight excluding hydrogens is 1340 g/mol. The number of fused-ring (bicyclic) bond motifs is 22. The van der Waals surface area contributed by atoms with Crippen LogP contribution in [-0.2, 0) is 0 Å². The molecule has 0 bridgehead atoms. The zero-order chi connectivity index (χ0) is 72.1. The van der Waals surface area contributed by atoms with Gasteiger partial charge >= 0.3 is 0 Å². The van der Waals surface area contributed by atoms with Crippen LogP contribution >= 0.6 is 0 Å². The van der Waals surface area contributed by atoms with Crippen LogP contribution in [0.15, 0.2) is 397 Å². The molecule has 0 aliphatic rings. The topological polar surface area (TPSA) is 46.0 Å². The van der Waals surface area contributed by atoms with Crippen molar-refractivity contribution in [3.63, 3.8) is 0 Å². The second kappa shape index (κ2) is 24.4. The maximum absolute atomic E-state index is 6.72. The molecule has 0 spiro atoms. The Balaban J connectivity index is 0.000000132. The van der Waals surface area contributed by atoms with Gasteiger partial charge in [0.1, 0.15) is 22.3 Å². The van der Waals surface area contributed by atoms with Crippen molar-refractivity contribution in [3.8, 4) is 67.3 Å². The van der Waals surface area contributed by atoms with Crippen molar-refractivity contribution in [1.82, 2.24) is 18.3 Å². The second-order valence-corrected chi connectivity index (χ2v) is 29.1. The average Bonchev–Trinajstić information content (AvgIpc) is 1.57. The Morgan fingerprint density at radius 2 is 0.518 bits per heavy atom. The normalized spacial score (nSPS) is 12.0. The lowest BCUT2D eigenvalue weighted by molar-refractivity contribution is 0.669. The molecular formula is C104H64N4O2. The number of para-hydroxylation sites is 4. The van der Waals surface area contributed by atoms with Crippen LogP contribution in [0, 0.1) is 0 Å². The van der Waals surface area contributed by atoms with Crippen molar-refractivity contribution in [1.29, 1.82) is 0 Å². The standard InChI is InChI=1S/2C52H32N2O/c1-2-11-33(12-3-1)36-15-10-16-39(29-36)54-48-27-23-38(32-45(48)51-49(54)28-25-43-42-18-7-9-20-50(42)55-52(43)51)37-22-26-47-44(31-37)41-17-6-8-19-46(41)53(47)40-24-21-34-13-4-5-14-35(34)30-40;1-2-11-33(12-3-1)36-15-10-16-39(29-36)54-47-26-23-38(32-44(47)51-48(54)27-28-50-52(51)42-18-7-9-20-49(42)55-50)37-22-25-46-43(31-37)41-17-6-8-19-45(41)53(46)40-24-21-34-13-4-5-14-35(34)30-40/h2*1-32H. The highest BCUT2D eigenvalue weighted by Crippen LogP contribution is 2.47. The van der Waals surface area contributed by atoms with Gasteiger partial charge in [-0.15, -0.1) is 0 Å². The van der Waals surface area contributed by atoms with Gasteiger partial charge in [-0.05, 0) is 212 Å². The molecule has 0 amide bonds. The minimum absolute atomic E-state index is 0.902. The van der Waals surface area contributed by atoms with Crippen molar-refractivity contribution in [2.45, 2.75) is 0 Å². The van der Waals surface area contributed by atoms with Crippen LogP contribution in [-0.4, -0.2) is 18.3 Å². The summed E-state index contributed by atoms with van der Waals surface area (Å²) in [4.78, 5) is 0. The molecule has 6 aromatic heterocycles. The maximum Gasteiger partial charge on any atom is 0.145 e. The van der Waals surface area contributed by atoms with Gasteiger partial charge in [0.2, 0.25) is 0 Å². The molecule has 512 valence electrons. The third-order valence-corrected chi connectivity index (χ3v) is 23.0. The summed E-state index contributed by atoms with van der Waals surface area (Å²) in [6.07, 6.45) is 0. The molecule has 0 aliphatic carbocycles. The lowest BCUT2D eigenvalue weighted by atomic mass is 9.99. The third kappa shape index (κ3) is 9.62. The molecule has 0 fully saturated rings. The molecule has 0 N–H and O–H groups in total. The van der Waals surface area contributed by atoms with E-state index in [4.69, 9.17) is 8.83 Å². The van der Waals surface area contributed by atoms with E-state index in [1.165, 1.54) is 132 Å². The number of aromatic nitrogens is 4. The first-order valence-corrected chi connectivity index (χ1v) is 37.7. The first kappa shape index (κ1) is 61.6. The molecule has 0 unspecified atom stereocenters. The lowest BCUT2D eigenvalue weighted by Gasteiger charge is -2.11. The summed E-state index contributed by atoms with van der Waals surface area (Å²) in [5.41, 5.74) is 27.1. The van der Waals surface area contributed by atoms with Crippen LogP contribution in [0.5, 0.6) is 0 Å². The molecule has 24 rings (SSSR count). The molecule has 0 radical (unpaired) electrons. The Morgan fingerprint density at radius 1 is 0.155 bits per heavy atom. The fraction of sp³-hybridized carbons (Fsp3) is 0. The summed E-state index contributed by atoms with van der Waals surface area (Å²) in [6, 6.07) is 141. The minimum Gasteiger partial charge on any atom is -0.456 e. The van der Waals surface area contributed by atoms with E-state index in [2.05, 4.69) is 394 Å². The van der Waals surface area contributed by atoms with Crippen molar-refractivity contribution in [2.24, 2.45) is 0 Å². The van der Waals surface area contributed by atoms with Gasteiger partial charge in [0, 0.05) is 82.0 Å². The number of hydrogen-bond donors (Lipinski definition) is 0. The fourth-order valence-corrected chi connectivity index (χ4v) is 17.9. The van der Waals surface area contributed by atoms with E-state index in [0.717, 1.165) is 88.4 Å². The zero-order valence-electron chi connectivity index (χ0n) is 59.6. The van der Waals surface area contributed by atoms with Gasteiger partial charge in [-0.1, -0.05) is 243 Å². The molecule has 18 aromatic carbocycles. The van der Waals surface area contributed by atoms with Crippen LogP contribution < -0.4 is 0 Å². The molecule has 6 heterocycles. The van der Waals surface area contributed by atoms with Crippen molar-refractivity contribution in [2.75, 3.05) is 0 Å². The Bertz CT molecular complexity index is 7910. The van der Waals surface area contributed by atoms with Gasteiger partial charge in [0.15, 0.2) is 0 Å². The van der Waals surface area contributed by atoms with E-state index < -0.39 is 0 Å². The van der Waals surface area contributed by atoms with Gasteiger partial charge in [0.05, 0.1) is 49.5 Å². The highest BCUT2D eigenvalue weighted by molar-refractivity contribution is 6.28. The van der Waals surface area contributed by atoms with Crippen LogP contribution in [0.4, 0.5) is 0 Å². The van der Waals surface area contributed by atoms with E-state index in [1.54, 1.807) is 0 Å². The van der Waals surface area contributed by atoms with E-state index in [0.29, 0.717) is 0 Å². The number of nitrogens with zero attached hydrogens (tertiary/aromatic N) is 4. The molecule has 6 nitrogen and oxygen atoms in total. The number of benzene rings is 18. The number of rotatable bonds is 8. The van der Waals surface area contributed by atoms with Gasteiger partial charge in [0.25, 0.3) is 0 Å². The second-order valence-electron chi connectivity index (χ2n) is 29.1. The highest BCUT2D eigenvalue weighted by atomic mass is 16.3. The molecule has 0 saturated carbocycles. The van der Waals surface area contributed by atoms with Crippen LogP contribution in [0.3, 0.4) is 0 Å². The summed E-state index contributed by atoms with van der Waals surface area (Å²) >= 11 is 0. The van der Waals surface area contributed by atoms with E-state index in [9.17, 15) is 0 Å². The van der Waals surface area contributed by atoms with Crippen LogP contribution in [0.25, 0.3) is 220 Å². The summed E-state index contributed by atoms with van der Waals surface area (Å²) in [6.45, 7) is 0. The van der Waals surface area contributed by atoms with Gasteiger partial charge in [-0.25, -0.2) is 0 Å². The molecule has 24 aromatic rings. The highest BCUT2D eigenvalue weighted by Gasteiger charge is 2.24. The first-order valence-electron chi connectivity index (χ1n) is 37.7. The minimum atomic E-state index is 0.902. The van der Waals surface area contributed by atoms with Gasteiger partial charge in [-0.2, -0.15) is 0 Å². The molecule has 6 heteroatoms. The Labute approximate surface area is 631 Å². The van der Waals surface area contributed by atoms with Crippen molar-refractivity contribution >= 4 is 153 Å². The maximum atomic E-state index is 6.72. The van der Waals surface area contributed by atoms with Gasteiger partial charge in [-0.3, -0.25) is 0 Å². The van der Waals surface area contributed by atoms with Gasteiger partial charge < -0.3 is 27.1 Å². The predicted molar refractivity (Wildman–Crippen MR) is 462 cm³/mol. The lowest BCUT2D eigenvalue weighted by Crippen LogP contribution is -1.94. The predicted octanol–water partition coefficient (Wildman–Crippen LogP) is 28.5. The Kier molecular flexibility index (Phi) is 13.7. The van der Waals surface area contributed by atoms with E-state index in [1.807, 2.05) is 12.1 Å². The van der Waals surface area contributed by atoms with Crippen molar-refractivity contribution in [3.05, 3.63) is 388 Å². The van der Waals surface area contributed by atoms with Crippen LogP contribution in [0.2, 0.25) is 0 Å². The Morgan fingerprint density at radius 3 is 1.05 bits per heavy atom. The smallest absolute Gasteiger partial charge is 0.145 e. The van der Waals surface area contributed by atoms with E-state index in [-0.39, 0.29) is 0 Å². The largest absolute Gasteiger partial charge is 0.456 e.